The van der Waals surface area contributed by atoms with Crippen molar-refractivity contribution >= 4 is 34.8 Å². The smallest absolute Gasteiger partial charge is 0.232 e. The molecule has 9 heteroatoms. The molecule has 3 N–H and O–H groups in total. The topological polar surface area (TPSA) is 103 Å². The van der Waals surface area contributed by atoms with Crippen molar-refractivity contribution in [2.24, 2.45) is 0 Å². The van der Waals surface area contributed by atoms with Crippen LogP contribution >= 0.6 is 11.6 Å². The molecule has 2 saturated heterocycles. The number of amides is 1. The second-order valence-electron chi connectivity index (χ2n) is 8.84. The predicted octanol–water partition coefficient (Wildman–Crippen LogP) is 4.89. The van der Waals surface area contributed by atoms with Gasteiger partial charge in [0.1, 0.15) is 0 Å². The zero-order chi connectivity index (χ0) is 23.7. The molecule has 3 aromatic rings. The van der Waals surface area contributed by atoms with E-state index < -0.39 is 5.54 Å². The molecule has 2 aromatic carbocycles. The number of anilines is 2. The highest BCUT2D eigenvalue weighted by Crippen LogP contribution is 2.39. The van der Waals surface area contributed by atoms with Gasteiger partial charge in [0, 0.05) is 36.6 Å². The number of halogens is 1. The van der Waals surface area contributed by atoms with Crippen LogP contribution in [0.25, 0.3) is 11.3 Å². The summed E-state index contributed by atoms with van der Waals surface area (Å²) in [5.74, 6) is 0.709. The van der Waals surface area contributed by atoms with Crippen molar-refractivity contribution < 1.29 is 14.1 Å². The summed E-state index contributed by atoms with van der Waals surface area (Å²) >= 11 is 6.86. The Labute approximate surface area is 202 Å². The van der Waals surface area contributed by atoms with Crippen LogP contribution in [-0.2, 0) is 15.1 Å². The van der Waals surface area contributed by atoms with Gasteiger partial charge in [0.05, 0.1) is 28.9 Å². The highest BCUT2D eigenvalue weighted by molar-refractivity contribution is 6.34. The maximum Gasteiger partial charge on any atom is 0.232 e. The second kappa shape index (κ2) is 9.12. The lowest BCUT2D eigenvalue weighted by Crippen LogP contribution is -2.62. The lowest BCUT2D eigenvalue weighted by Gasteiger charge is -2.45. The van der Waals surface area contributed by atoms with E-state index in [0.29, 0.717) is 29.7 Å². The molecular formula is C25H26ClN5O3. The Kier molecular flexibility index (Phi) is 6.02. The first-order chi connectivity index (χ1) is 16.4. The monoisotopic (exact) mass is 479 g/mol. The average Bonchev–Trinajstić information content (AvgIpc) is 3.36. The highest BCUT2D eigenvalue weighted by atomic mass is 35.5. The molecule has 3 heterocycles. The van der Waals surface area contributed by atoms with Crippen molar-refractivity contribution in [1.82, 2.24) is 15.4 Å². The number of nitrogens with one attached hydrogen (secondary N) is 3. The number of rotatable bonds is 5. The number of carbonyl (C=O) groups is 1. The zero-order valence-corrected chi connectivity index (χ0v) is 19.6. The molecule has 5 rings (SSSR count). The van der Waals surface area contributed by atoms with Gasteiger partial charge >= 0.3 is 0 Å². The van der Waals surface area contributed by atoms with Gasteiger partial charge in [-0.25, -0.2) is 0 Å². The van der Waals surface area contributed by atoms with Gasteiger partial charge in [-0.05, 0) is 43.5 Å². The van der Waals surface area contributed by atoms with Crippen LogP contribution in [0.15, 0.2) is 59.3 Å². The van der Waals surface area contributed by atoms with Gasteiger partial charge < -0.3 is 19.9 Å². The second-order valence-corrected chi connectivity index (χ2v) is 9.22. The maximum atomic E-state index is 13.2. The molecule has 0 aliphatic carbocycles. The summed E-state index contributed by atoms with van der Waals surface area (Å²) < 4.78 is 10.7. The Bertz CT molecular complexity index is 1190. The third-order valence-corrected chi connectivity index (χ3v) is 6.83. The molecule has 1 atom stereocenters. The van der Waals surface area contributed by atoms with Gasteiger partial charge in [-0.2, -0.15) is 0 Å². The summed E-state index contributed by atoms with van der Waals surface area (Å²) in [4.78, 5) is 14.7. The molecule has 34 heavy (non-hydrogen) atoms. The number of ether oxygens (including phenoxy) is 1. The minimum Gasteiger partial charge on any atom is -0.381 e. The highest BCUT2D eigenvalue weighted by Gasteiger charge is 2.43. The molecule has 176 valence electrons. The molecule has 0 saturated carbocycles. The molecule has 0 bridgehead atoms. The normalized spacial score (nSPS) is 21.4. The average molecular weight is 480 g/mol. The standard InChI is InChI=1S/C25H26ClN5O3/c1-25(15-22(32)31(24(27)30-25)18-9-12-33-13-10-18)19-6-3-7-20(23(19)26)29-17-5-2-4-16(14-17)21-8-11-28-34-21/h2-8,11,14,18,29H,9-10,12-13,15H2,1H3,(H2,27,30)/t25-/m0/s1. The quantitative estimate of drug-likeness (QED) is 0.481. The van der Waals surface area contributed by atoms with E-state index in [9.17, 15) is 4.79 Å². The van der Waals surface area contributed by atoms with E-state index in [2.05, 4.69) is 15.8 Å². The van der Waals surface area contributed by atoms with E-state index >= 15 is 0 Å². The zero-order valence-electron chi connectivity index (χ0n) is 18.8. The minimum absolute atomic E-state index is 0.00842. The summed E-state index contributed by atoms with van der Waals surface area (Å²) in [6, 6.07) is 15.2. The first-order valence-corrected chi connectivity index (χ1v) is 11.7. The van der Waals surface area contributed by atoms with Crippen LogP contribution in [-0.4, -0.2) is 41.2 Å². The van der Waals surface area contributed by atoms with Crippen molar-refractivity contribution in [2.75, 3.05) is 18.5 Å². The molecular weight excluding hydrogens is 454 g/mol. The van der Waals surface area contributed by atoms with Gasteiger partial charge in [0.25, 0.3) is 0 Å². The van der Waals surface area contributed by atoms with Crippen molar-refractivity contribution in [3.63, 3.8) is 0 Å². The summed E-state index contributed by atoms with van der Waals surface area (Å²) in [7, 11) is 0. The van der Waals surface area contributed by atoms with Crippen molar-refractivity contribution in [3.05, 3.63) is 65.3 Å². The van der Waals surface area contributed by atoms with Crippen LogP contribution in [0.4, 0.5) is 11.4 Å². The molecule has 0 radical (unpaired) electrons. The number of guanidine groups is 1. The van der Waals surface area contributed by atoms with Crippen LogP contribution in [0.3, 0.4) is 0 Å². The molecule has 1 aromatic heterocycles. The number of hydrogen-bond donors (Lipinski definition) is 3. The number of benzene rings is 2. The Hall–Kier alpha value is -3.36. The molecule has 2 aliphatic rings. The van der Waals surface area contributed by atoms with E-state index in [0.717, 1.165) is 29.7 Å². The minimum atomic E-state index is -0.799. The van der Waals surface area contributed by atoms with Crippen LogP contribution in [0, 0.1) is 5.41 Å². The Morgan fingerprint density at radius 3 is 2.74 bits per heavy atom. The van der Waals surface area contributed by atoms with Gasteiger partial charge in [-0.3, -0.25) is 15.1 Å². The van der Waals surface area contributed by atoms with Crippen LogP contribution in [0.5, 0.6) is 0 Å². The fourth-order valence-electron chi connectivity index (χ4n) is 4.70. The van der Waals surface area contributed by atoms with Crippen LogP contribution in [0.2, 0.25) is 5.02 Å². The van der Waals surface area contributed by atoms with E-state index in [-0.39, 0.29) is 24.3 Å². The molecule has 2 fully saturated rings. The van der Waals surface area contributed by atoms with Crippen molar-refractivity contribution in [1.29, 1.82) is 5.41 Å². The molecule has 2 aliphatic heterocycles. The summed E-state index contributed by atoms with van der Waals surface area (Å²) in [6.07, 6.45) is 3.28. The maximum absolute atomic E-state index is 13.2. The van der Waals surface area contributed by atoms with Gasteiger partial charge in [0.15, 0.2) is 11.7 Å². The lowest BCUT2D eigenvalue weighted by molar-refractivity contribution is -0.133. The van der Waals surface area contributed by atoms with E-state index in [4.69, 9.17) is 26.3 Å². The molecule has 1 amide bonds. The lowest BCUT2D eigenvalue weighted by atomic mass is 9.85. The summed E-state index contributed by atoms with van der Waals surface area (Å²) in [5.41, 5.74) is 2.40. The molecule has 0 unspecified atom stereocenters. The van der Waals surface area contributed by atoms with Gasteiger partial charge in [-0.1, -0.05) is 41.0 Å². The number of aromatic nitrogens is 1. The molecule has 0 spiro atoms. The third-order valence-electron chi connectivity index (χ3n) is 6.42. The van der Waals surface area contributed by atoms with Crippen molar-refractivity contribution in [3.8, 4) is 11.3 Å². The summed E-state index contributed by atoms with van der Waals surface area (Å²) in [6.45, 7) is 3.13. The van der Waals surface area contributed by atoms with Crippen LogP contribution < -0.4 is 10.6 Å². The predicted molar refractivity (Wildman–Crippen MR) is 130 cm³/mol. The number of hydrogen-bond acceptors (Lipinski definition) is 6. The SMILES string of the molecule is C[C@@]1(c2cccc(Nc3cccc(-c4ccno4)c3)c2Cl)CC(=O)N(C2CCOCC2)C(=N)N1. The Morgan fingerprint density at radius 2 is 2.00 bits per heavy atom. The van der Waals surface area contributed by atoms with Gasteiger partial charge in [0.2, 0.25) is 5.91 Å². The largest absolute Gasteiger partial charge is 0.381 e. The first kappa shape index (κ1) is 22.4. The third kappa shape index (κ3) is 4.26. The van der Waals surface area contributed by atoms with Crippen LogP contribution in [0.1, 0.15) is 31.7 Å². The molecule has 8 nitrogen and oxygen atoms in total. The van der Waals surface area contributed by atoms with E-state index in [1.807, 2.05) is 49.4 Å². The van der Waals surface area contributed by atoms with E-state index in [1.54, 1.807) is 17.2 Å². The first-order valence-electron chi connectivity index (χ1n) is 11.3. The summed E-state index contributed by atoms with van der Waals surface area (Å²) in [5, 5.41) is 19.5. The Balaban J connectivity index is 1.39. The fraction of sp³-hybridized carbons (Fsp3) is 0.320. The number of carbonyl (C=O) groups excluding carboxylic acids is 1. The van der Waals surface area contributed by atoms with Gasteiger partial charge in [-0.15, -0.1) is 0 Å². The fourth-order valence-corrected chi connectivity index (χ4v) is 5.08. The number of nitrogens with zero attached hydrogens (tertiary/aromatic N) is 2. The van der Waals surface area contributed by atoms with Crippen molar-refractivity contribution in [2.45, 2.75) is 37.8 Å². The Morgan fingerprint density at radius 1 is 1.21 bits per heavy atom. The van der Waals surface area contributed by atoms with E-state index in [1.165, 1.54) is 0 Å².